The molecule has 0 unspecified atom stereocenters. The molecule has 0 bridgehead atoms. The first-order chi connectivity index (χ1) is 26.7. The molecule has 4 aliphatic carbocycles. The summed E-state index contributed by atoms with van der Waals surface area (Å²) < 4.78 is 0. The fourth-order valence-electron chi connectivity index (χ4n) is 12.8. The van der Waals surface area contributed by atoms with Crippen LogP contribution in [0.4, 0.5) is 34.1 Å². The Morgan fingerprint density at radius 1 is 0.328 bits per heavy atom. The van der Waals surface area contributed by atoms with E-state index in [2.05, 4.69) is 200 Å². The number of hydrogen-bond acceptors (Lipinski definition) is 2. The van der Waals surface area contributed by atoms with Crippen molar-refractivity contribution in [2.45, 2.75) is 161 Å². The Hall–Kier alpha value is -4.24. The van der Waals surface area contributed by atoms with Crippen molar-refractivity contribution in [3.8, 4) is 0 Å². The van der Waals surface area contributed by atoms with Gasteiger partial charge in [0.15, 0.2) is 0 Å². The Morgan fingerprint density at radius 3 is 0.966 bits per heavy atom. The third-order valence-corrected chi connectivity index (χ3v) is 19.6. The Bertz CT molecular complexity index is 2580. The third-order valence-electron chi connectivity index (χ3n) is 19.6. The van der Waals surface area contributed by atoms with E-state index < -0.39 is 0 Å². The van der Waals surface area contributed by atoms with Crippen molar-refractivity contribution >= 4 is 57.2 Å². The van der Waals surface area contributed by atoms with Crippen LogP contribution >= 0.6 is 0 Å². The molecule has 5 aromatic carbocycles. The first-order valence-electron chi connectivity index (χ1n) is 22.1. The molecule has 11 rings (SSSR count). The van der Waals surface area contributed by atoms with Crippen molar-refractivity contribution in [2.75, 3.05) is 9.80 Å². The van der Waals surface area contributed by atoms with Crippen molar-refractivity contribution in [1.82, 2.24) is 0 Å². The second-order valence-electron chi connectivity index (χ2n) is 23.7. The van der Waals surface area contributed by atoms with E-state index in [4.69, 9.17) is 0 Å². The van der Waals surface area contributed by atoms with Gasteiger partial charge in [0.1, 0.15) is 0 Å². The zero-order valence-corrected chi connectivity index (χ0v) is 38.4. The predicted molar refractivity (Wildman–Crippen MR) is 249 cm³/mol. The van der Waals surface area contributed by atoms with Gasteiger partial charge in [0, 0.05) is 34.1 Å². The molecular formula is C55H63BN2. The van der Waals surface area contributed by atoms with Crippen LogP contribution in [0.5, 0.6) is 0 Å². The third kappa shape index (κ3) is 3.70. The van der Waals surface area contributed by atoms with Gasteiger partial charge in [-0.15, -0.1) is 0 Å². The van der Waals surface area contributed by atoms with Gasteiger partial charge in [0.25, 0.3) is 6.71 Å². The highest BCUT2D eigenvalue weighted by molar-refractivity contribution is 7.00. The molecule has 0 radical (unpaired) electrons. The van der Waals surface area contributed by atoms with E-state index in [9.17, 15) is 0 Å². The minimum Gasteiger partial charge on any atom is -0.311 e. The molecule has 0 amide bonds. The zero-order chi connectivity index (χ0) is 41.6. The van der Waals surface area contributed by atoms with Crippen molar-refractivity contribution in [1.29, 1.82) is 0 Å². The molecule has 2 heterocycles. The van der Waals surface area contributed by atoms with Gasteiger partial charge < -0.3 is 9.80 Å². The molecule has 0 aromatic heterocycles. The highest BCUT2D eigenvalue weighted by atomic mass is 15.2. The Morgan fingerprint density at radius 2 is 0.621 bits per heavy atom. The van der Waals surface area contributed by atoms with Gasteiger partial charge in [-0.05, 0) is 165 Å². The lowest BCUT2D eigenvalue weighted by Gasteiger charge is -2.57. The van der Waals surface area contributed by atoms with Crippen LogP contribution in [0.25, 0.3) is 0 Å². The number of nitrogens with zero attached hydrogens (tertiary/aromatic N) is 2. The summed E-state index contributed by atoms with van der Waals surface area (Å²) in [5, 5.41) is 0. The number of rotatable bonds is 2. The lowest BCUT2D eigenvalue weighted by atomic mass is 9.31. The summed E-state index contributed by atoms with van der Waals surface area (Å²) in [6, 6.07) is 30.3. The highest BCUT2D eigenvalue weighted by Gasteiger charge is 2.57. The van der Waals surface area contributed by atoms with Crippen molar-refractivity contribution in [3.63, 3.8) is 0 Å². The van der Waals surface area contributed by atoms with E-state index in [1.54, 1.807) is 0 Å². The first-order valence-corrected chi connectivity index (χ1v) is 22.1. The second-order valence-corrected chi connectivity index (χ2v) is 23.7. The molecule has 296 valence electrons. The molecule has 6 aliphatic rings. The second kappa shape index (κ2) is 10.0. The Balaban J connectivity index is 1.24. The molecule has 0 N–H and O–H groups in total. The summed E-state index contributed by atoms with van der Waals surface area (Å²) in [5.41, 5.74) is 26.2. The smallest absolute Gasteiger partial charge is 0.252 e. The van der Waals surface area contributed by atoms with Gasteiger partial charge in [-0.2, -0.15) is 0 Å². The number of benzene rings is 5. The molecule has 0 atom stereocenters. The molecule has 0 spiro atoms. The molecule has 0 saturated heterocycles. The average Bonchev–Trinajstić information content (AvgIpc) is 3.15. The predicted octanol–water partition coefficient (Wildman–Crippen LogP) is 12.4. The van der Waals surface area contributed by atoms with Crippen LogP contribution < -0.4 is 26.2 Å². The van der Waals surface area contributed by atoms with Crippen LogP contribution in [0.1, 0.15) is 161 Å². The summed E-state index contributed by atoms with van der Waals surface area (Å²) in [7, 11) is 0. The summed E-state index contributed by atoms with van der Waals surface area (Å²) >= 11 is 0. The number of aryl methyl sites for hydroxylation is 1. The molecule has 58 heavy (non-hydrogen) atoms. The number of hydrogen-bond donors (Lipinski definition) is 0. The molecule has 0 fully saturated rings. The van der Waals surface area contributed by atoms with Crippen molar-refractivity contribution in [2.24, 2.45) is 0 Å². The standard InChI is InChI=1S/C55H63BN2/c1-30-22-45-47-46(23-30)58(32-19-21-34-36(25-32)51(8,9)49(34,4)5)44-29-40-38(53(12,13)55(40,16)17)27-42(44)56(47)41-26-37-39(54(14,15)52(37,10)11)28-43(41)57(45)31-18-20-33-35(24-31)50(6,7)48(33,2)3/h18-29H,1-17H3. The van der Waals surface area contributed by atoms with Crippen LogP contribution in [0.15, 0.2) is 72.8 Å². The average molecular weight is 763 g/mol. The molecule has 3 heteroatoms. The van der Waals surface area contributed by atoms with Crippen LogP contribution in [0.2, 0.25) is 0 Å². The van der Waals surface area contributed by atoms with Gasteiger partial charge in [0.05, 0.1) is 0 Å². The maximum atomic E-state index is 2.67. The molecule has 5 aromatic rings. The quantitative estimate of drug-likeness (QED) is 0.162. The maximum absolute atomic E-state index is 2.67. The van der Waals surface area contributed by atoms with Gasteiger partial charge >= 0.3 is 0 Å². The van der Waals surface area contributed by atoms with E-state index in [-0.39, 0.29) is 50.0 Å². The Labute approximate surface area is 349 Å². The molecular weight excluding hydrogens is 699 g/mol. The highest BCUT2D eigenvalue weighted by Crippen LogP contribution is 2.62. The van der Waals surface area contributed by atoms with E-state index in [1.807, 2.05) is 0 Å². The van der Waals surface area contributed by atoms with Crippen molar-refractivity contribution in [3.05, 3.63) is 123 Å². The molecule has 2 aliphatic heterocycles. The van der Waals surface area contributed by atoms with E-state index in [0.29, 0.717) is 0 Å². The van der Waals surface area contributed by atoms with Gasteiger partial charge in [-0.25, -0.2) is 0 Å². The van der Waals surface area contributed by atoms with Gasteiger partial charge in [-0.1, -0.05) is 135 Å². The van der Waals surface area contributed by atoms with Crippen molar-refractivity contribution < 1.29 is 0 Å². The van der Waals surface area contributed by atoms with E-state index >= 15 is 0 Å². The van der Waals surface area contributed by atoms with Gasteiger partial charge in [0.2, 0.25) is 0 Å². The summed E-state index contributed by atoms with van der Waals surface area (Å²) in [6.07, 6.45) is 0. The Kier molecular flexibility index (Phi) is 6.36. The van der Waals surface area contributed by atoms with Crippen LogP contribution in [-0.4, -0.2) is 6.71 Å². The SMILES string of the molecule is Cc1cc2c3c(c1)N(c1ccc4c(c1)C(C)(C)C4(C)C)c1cc4c(cc1B3c1cc3c(cc1N2c1ccc2c(c1)C(C)(C)C2(C)C)C(C)(C)C3(C)C)C(C)(C)C4(C)C. The fraction of sp³-hybridized carbons (Fsp3) is 0.455. The van der Waals surface area contributed by atoms with Crippen LogP contribution in [0.3, 0.4) is 0 Å². The largest absolute Gasteiger partial charge is 0.311 e. The lowest BCUT2D eigenvalue weighted by molar-refractivity contribution is 0.242. The number of anilines is 6. The van der Waals surface area contributed by atoms with E-state index in [0.717, 1.165) is 0 Å². The molecule has 0 saturated carbocycles. The number of fused-ring (bicyclic) bond motifs is 8. The first kappa shape index (κ1) is 36.8. The van der Waals surface area contributed by atoms with Crippen LogP contribution in [-0.2, 0) is 43.3 Å². The summed E-state index contributed by atoms with van der Waals surface area (Å²) in [4.78, 5) is 5.34. The van der Waals surface area contributed by atoms with Gasteiger partial charge in [-0.3, -0.25) is 0 Å². The zero-order valence-electron chi connectivity index (χ0n) is 38.4. The maximum Gasteiger partial charge on any atom is 0.252 e. The van der Waals surface area contributed by atoms with E-state index in [1.165, 1.54) is 101 Å². The summed E-state index contributed by atoms with van der Waals surface area (Å²) in [5.74, 6) is 0. The fourth-order valence-corrected chi connectivity index (χ4v) is 12.8. The van der Waals surface area contributed by atoms with Crippen LogP contribution in [0, 0.1) is 6.92 Å². The minimum absolute atomic E-state index is 0.0739. The summed E-state index contributed by atoms with van der Waals surface area (Å²) in [6.45, 7) is 41.5. The monoisotopic (exact) mass is 763 g/mol. The molecule has 2 nitrogen and oxygen atoms in total. The normalized spacial score (nSPS) is 23.2. The lowest BCUT2D eigenvalue weighted by Crippen LogP contribution is -2.64. The minimum atomic E-state index is 0.0739. The topological polar surface area (TPSA) is 6.48 Å².